The molecule has 2 N–H and O–H groups in total. The highest BCUT2D eigenvalue weighted by Gasteiger charge is 2.10. The van der Waals surface area contributed by atoms with E-state index in [9.17, 15) is 0 Å². The molecule has 19 heavy (non-hydrogen) atoms. The van der Waals surface area contributed by atoms with Crippen LogP contribution in [0, 0.1) is 0 Å². The molecular weight excluding hydrogens is 238 g/mol. The summed E-state index contributed by atoms with van der Waals surface area (Å²) in [5.41, 5.74) is 7.94. The Kier molecular flexibility index (Phi) is 4.22. The first-order chi connectivity index (χ1) is 9.15. The van der Waals surface area contributed by atoms with Crippen LogP contribution in [-0.4, -0.2) is 16.7 Å². The van der Waals surface area contributed by atoms with Crippen molar-refractivity contribution in [3.05, 3.63) is 47.5 Å². The summed E-state index contributed by atoms with van der Waals surface area (Å²) in [6.45, 7) is 5.58. The zero-order chi connectivity index (χ0) is 13.8. The molecule has 0 spiro atoms. The van der Waals surface area contributed by atoms with Crippen molar-refractivity contribution in [2.75, 3.05) is 7.11 Å². The number of hydrogen-bond donors (Lipinski definition) is 1. The van der Waals surface area contributed by atoms with Crippen molar-refractivity contribution in [1.29, 1.82) is 0 Å². The number of nitrogens with zero attached hydrogens (tertiary/aromatic N) is 2. The van der Waals surface area contributed by atoms with Crippen molar-refractivity contribution in [3.8, 4) is 5.75 Å². The molecule has 0 saturated carbocycles. The van der Waals surface area contributed by atoms with E-state index in [1.54, 1.807) is 7.11 Å². The van der Waals surface area contributed by atoms with Crippen molar-refractivity contribution in [2.45, 2.75) is 32.9 Å². The van der Waals surface area contributed by atoms with Crippen LogP contribution < -0.4 is 10.5 Å². The molecule has 4 heteroatoms. The van der Waals surface area contributed by atoms with E-state index in [0.29, 0.717) is 12.5 Å². The molecule has 0 aliphatic rings. The van der Waals surface area contributed by atoms with Crippen molar-refractivity contribution < 1.29 is 4.74 Å². The Morgan fingerprint density at radius 1 is 1.37 bits per heavy atom. The van der Waals surface area contributed by atoms with Crippen molar-refractivity contribution in [2.24, 2.45) is 5.73 Å². The summed E-state index contributed by atoms with van der Waals surface area (Å²) in [5.74, 6) is 2.37. The summed E-state index contributed by atoms with van der Waals surface area (Å²) >= 11 is 0. The summed E-state index contributed by atoms with van der Waals surface area (Å²) in [4.78, 5) is 4.41. The molecule has 0 radical (unpaired) electrons. The highest BCUT2D eigenvalue weighted by Crippen LogP contribution is 2.22. The number of nitrogens with two attached hydrogens (primary N) is 1. The molecule has 1 aromatic heterocycles. The van der Waals surface area contributed by atoms with Gasteiger partial charge in [0.15, 0.2) is 0 Å². The molecule has 0 saturated heterocycles. The van der Waals surface area contributed by atoms with Crippen LogP contribution in [0.4, 0.5) is 0 Å². The van der Waals surface area contributed by atoms with E-state index in [1.165, 1.54) is 0 Å². The fourth-order valence-corrected chi connectivity index (χ4v) is 2.22. The Morgan fingerprint density at radius 2 is 2.16 bits per heavy atom. The maximum Gasteiger partial charge on any atom is 0.123 e. The molecule has 1 heterocycles. The molecule has 0 unspecified atom stereocenters. The van der Waals surface area contributed by atoms with Gasteiger partial charge < -0.3 is 15.0 Å². The average Bonchev–Trinajstić information content (AvgIpc) is 2.87. The van der Waals surface area contributed by atoms with E-state index < -0.39 is 0 Å². The third kappa shape index (κ3) is 2.96. The highest BCUT2D eigenvalue weighted by atomic mass is 16.5. The van der Waals surface area contributed by atoms with Crippen LogP contribution in [0.2, 0.25) is 0 Å². The van der Waals surface area contributed by atoms with E-state index in [2.05, 4.69) is 29.5 Å². The minimum absolute atomic E-state index is 0.402. The lowest BCUT2D eigenvalue weighted by molar-refractivity contribution is 0.407. The topological polar surface area (TPSA) is 53.1 Å². The minimum Gasteiger partial charge on any atom is -0.496 e. The lowest BCUT2D eigenvalue weighted by Crippen LogP contribution is -2.08. The number of hydrogen-bond acceptors (Lipinski definition) is 3. The number of methoxy groups -OCH3 is 1. The van der Waals surface area contributed by atoms with Crippen LogP contribution in [0.25, 0.3) is 0 Å². The molecular formula is C15H21N3O. The lowest BCUT2D eigenvalue weighted by Gasteiger charge is -2.14. The molecule has 2 rings (SSSR count). The molecule has 0 fully saturated rings. The zero-order valence-electron chi connectivity index (χ0n) is 11.8. The van der Waals surface area contributed by atoms with Gasteiger partial charge in [0.05, 0.1) is 13.7 Å². The van der Waals surface area contributed by atoms with Gasteiger partial charge in [-0.05, 0) is 17.7 Å². The average molecular weight is 259 g/mol. The van der Waals surface area contributed by atoms with Gasteiger partial charge in [-0.15, -0.1) is 0 Å². The van der Waals surface area contributed by atoms with Gasteiger partial charge in [-0.2, -0.15) is 0 Å². The maximum atomic E-state index is 5.70. The van der Waals surface area contributed by atoms with Crippen LogP contribution in [-0.2, 0) is 13.1 Å². The molecule has 0 aliphatic heterocycles. The van der Waals surface area contributed by atoms with Gasteiger partial charge in [0.2, 0.25) is 0 Å². The Balaban J connectivity index is 2.33. The fourth-order valence-electron chi connectivity index (χ4n) is 2.22. The number of benzene rings is 1. The normalized spacial score (nSPS) is 11.0. The first-order valence-electron chi connectivity index (χ1n) is 6.52. The SMILES string of the molecule is COc1ccc(CN)cc1Cn1ccnc1C(C)C. The number of rotatable bonds is 5. The van der Waals surface area contributed by atoms with E-state index in [-0.39, 0.29) is 0 Å². The van der Waals surface area contributed by atoms with Crippen LogP contribution in [0.1, 0.15) is 36.7 Å². The first-order valence-corrected chi connectivity index (χ1v) is 6.52. The maximum absolute atomic E-state index is 5.70. The monoisotopic (exact) mass is 259 g/mol. The molecule has 4 nitrogen and oxygen atoms in total. The summed E-state index contributed by atoms with van der Waals surface area (Å²) < 4.78 is 7.57. The molecule has 0 amide bonds. The summed E-state index contributed by atoms with van der Waals surface area (Å²) in [6, 6.07) is 6.08. The summed E-state index contributed by atoms with van der Waals surface area (Å²) in [5, 5.41) is 0. The van der Waals surface area contributed by atoms with Gasteiger partial charge in [-0.3, -0.25) is 0 Å². The zero-order valence-corrected chi connectivity index (χ0v) is 11.8. The van der Waals surface area contributed by atoms with Crippen LogP contribution in [0.5, 0.6) is 5.75 Å². The second-order valence-electron chi connectivity index (χ2n) is 4.92. The van der Waals surface area contributed by atoms with Crippen LogP contribution in [0.15, 0.2) is 30.6 Å². The third-order valence-corrected chi connectivity index (χ3v) is 3.19. The first kappa shape index (κ1) is 13.6. The molecule has 1 aromatic carbocycles. The Hall–Kier alpha value is -1.81. The molecule has 0 bridgehead atoms. The van der Waals surface area contributed by atoms with Gasteiger partial charge in [0, 0.05) is 30.4 Å². The minimum atomic E-state index is 0.402. The third-order valence-electron chi connectivity index (χ3n) is 3.19. The largest absolute Gasteiger partial charge is 0.496 e. The van der Waals surface area contributed by atoms with Gasteiger partial charge in [-0.1, -0.05) is 19.9 Å². The number of imidazole rings is 1. The number of aromatic nitrogens is 2. The van der Waals surface area contributed by atoms with Crippen molar-refractivity contribution in [3.63, 3.8) is 0 Å². The quantitative estimate of drug-likeness (QED) is 0.897. The highest BCUT2D eigenvalue weighted by molar-refractivity contribution is 5.37. The van der Waals surface area contributed by atoms with Crippen LogP contribution >= 0.6 is 0 Å². The van der Waals surface area contributed by atoms with Gasteiger partial charge >= 0.3 is 0 Å². The Morgan fingerprint density at radius 3 is 2.79 bits per heavy atom. The Bertz CT molecular complexity index is 546. The van der Waals surface area contributed by atoms with Crippen molar-refractivity contribution in [1.82, 2.24) is 9.55 Å². The lowest BCUT2D eigenvalue weighted by atomic mass is 10.1. The van der Waals surface area contributed by atoms with Crippen LogP contribution in [0.3, 0.4) is 0 Å². The molecule has 102 valence electrons. The second kappa shape index (κ2) is 5.89. The number of ether oxygens (including phenoxy) is 1. The van der Waals surface area contributed by atoms with Gasteiger partial charge in [0.25, 0.3) is 0 Å². The van der Waals surface area contributed by atoms with E-state index >= 15 is 0 Å². The predicted octanol–water partition coefficient (Wildman–Crippen LogP) is 2.52. The standard InChI is InChI=1S/C15H21N3O/c1-11(2)15-17-6-7-18(15)10-13-8-12(9-16)4-5-14(13)19-3/h4-8,11H,9-10,16H2,1-3H3. The second-order valence-corrected chi connectivity index (χ2v) is 4.92. The van der Waals surface area contributed by atoms with E-state index in [1.807, 2.05) is 24.5 Å². The predicted molar refractivity (Wildman–Crippen MR) is 76.3 cm³/mol. The molecule has 2 aromatic rings. The van der Waals surface area contributed by atoms with Gasteiger partial charge in [0.1, 0.15) is 11.6 Å². The Labute approximate surface area is 114 Å². The summed E-state index contributed by atoms with van der Waals surface area (Å²) in [6.07, 6.45) is 3.85. The van der Waals surface area contributed by atoms with Gasteiger partial charge in [-0.25, -0.2) is 4.98 Å². The van der Waals surface area contributed by atoms with Crippen molar-refractivity contribution >= 4 is 0 Å². The summed E-state index contributed by atoms with van der Waals surface area (Å²) in [7, 11) is 1.69. The van der Waals surface area contributed by atoms with E-state index in [0.717, 1.165) is 29.2 Å². The molecule has 0 atom stereocenters. The molecule has 0 aliphatic carbocycles. The van der Waals surface area contributed by atoms with E-state index in [4.69, 9.17) is 10.5 Å². The smallest absolute Gasteiger partial charge is 0.123 e. The fraction of sp³-hybridized carbons (Fsp3) is 0.400.